The molecule has 0 bridgehead atoms. The van der Waals surface area contributed by atoms with Gasteiger partial charge in [-0.2, -0.15) is 0 Å². The molecule has 0 radical (unpaired) electrons. The van der Waals surface area contributed by atoms with E-state index < -0.39 is 18.0 Å². The molecular weight excluding hydrogens is 200 g/mol. The van der Waals surface area contributed by atoms with Crippen LogP contribution in [0, 0.1) is 0 Å². The van der Waals surface area contributed by atoms with Gasteiger partial charge in [-0.05, 0) is 25.1 Å². The first-order valence-electron chi connectivity index (χ1n) is 4.23. The number of aromatic hydroxyl groups is 1. The number of ether oxygens (including phenoxy) is 1. The van der Waals surface area contributed by atoms with Crippen LogP contribution in [0.25, 0.3) is 0 Å². The van der Waals surface area contributed by atoms with Crippen LogP contribution in [-0.2, 0) is 9.53 Å². The molecule has 5 heteroatoms. The smallest absolute Gasteiger partial charge is 0.344 e. The number of aliphatic carboxylic acids is 1. The van der Waals surface area contributed by atoms with Crippen molar-refractivity contribution in [1.82, 2.24) is 0 Å². The lowest BCUT2D eigenvalue weighted by Crippen LogP contribution is -2.23. The Labute approximate surface area is 85.9 Å². The molecule has 15 heavy (non-hydrogen) atoms. The van der Waals surface area contributed by atoms with Crippen molar-refractivity contribution >= 4 is 11.9 Å². The summed E-state index contributed by atoms with van der Waals surface area (Å²) in [5, 5.41) is 17.6. The van der Waals surface area contributed by atoms with Gasteiger partial charge in [0.25, 0.3) is 0 Å². The van der Waals surface area contributed by atoms with Gasteiger partial charge in [0, 0.05) is 0 Å². The highest BCUT2D eigenvalue weighted by atomic mass is 16.6. The molecule has 1 atom stereocenters. The Balaban J connectivity index is 2.73. The number of phenols is 1. The van der Waals surface area contributed by atoms with Crippen molar-refractivity contribution in [2.24, 2.45) is 0 Å². The Morgan fingerprint density at radius 2 is 2.07 bits per heavy atom. The van der Waals surface area contributed by atoms with E-state index in [4.69, 9.17) is 10.2 Å². The van der Waals surface area contributed by atoms with Crippen LogP contribution < -0.4 is 0 Å². The van der Waals surface area contributed by atoms with Gasteiger partial charge in [0.1, 0.15) is 5.75 Å². The maximum absolute atomic E-state index is 11.3. The average Bonchev–Trinajstić information content (AvgIpc) is 2.17. The number of carbonyl (C=O) groups excluding carboxylic acids is 1. The molecule has 0 aromatic heterocycles. The lowest BCUT2D eigenvalue weighted by Gasteiger charge is -2.08. The lowest BCUT2D eigenvalue weighted by molar-refractivity contribution is -0.146. The zero-order chi connectivity index (χ0) is 11.4. The Bertz CT molecular complexity index is 385. The third kappa shape index (κ3) is 2.98. The van der Waals surface area contributed by atoms with Crippen molar-refractivity contribution in [2.45, 2.75) is 13.0 Å². The van der Waals surface area contributed by atoms with E-state index in [1.807, 2.05) is 0 Å². The molecule has 0 fully saturated rings. The number of phenolic OH excluding ortho intramolecular Hbond substituents is 1. The van der Waals surface area contributed by atoms with E-state index in [2.05, 4.69) is 4.74 Å². The van der Waals surface area contributed by atoms with Crippen LogP contribution >= 0.6 is 0 Å². The van der Waals surface area contributed by atoms with E-state index in [1.165, 1.54) is 31.2 Å². The molecule has 1 aromatic rings. The molecule has 1 unspecified atom stereocenters. The van der Waals surface area contributed by atoms with Crippen molar-refractivity contribution in [3.05, 3.63) is 29.8 Å². The second-order valence-corrected chi connectivity index (χ2v) is 2.94. The molecule has 5 nitrogen and oxygen atoms in total. The van der Waals surface area contributed by atoms with Gasteiger partial charge in [-0.25, -0.2) is 9.59 Å². The lowest BCUT2D eigenvalue weighted by atomic mass is 10.2. The minimum atomic E-state index is -1.22. The van der Waals surface area contributed by atoms with E-state index in [1.54, 1.807) is 0 Å². The van der Waals surface area contributed by atoms with Crippen LogP contribution in [-0.4, -0.2) is 28.3 Å². The predicted octanol–water partition coefficient (Wildman–Crippen LogP) is 1.02. The number of carboxylic acid groups (broad SMARTS) is 1. The molecule has 0 aliphatic carbocycles. The van der Waals surface area contributed by atoms with Gasteiger partial charge >= 0.3 is 11.9 Å². The van der Waals surface area contributed by atoms with Crippen molar-refractivity contribution in [1.29, 1.82) is 0 Å². The highest BCUT2D eigenvalue weighted by molar-refractivity contribution is 5.91. The number of carboxylic acids is 1. The summed E-state index contributed by atoms with van der Waals surface area (Å²) >= 11 is 0. The summed E-state index contributed by atoms with van der Waals surface area (Å²) in [4.78, 5) is 21.7. The molecule has 0 saturated heterocycles. The third-order valence-corrected chi connectivity index (χ3v) is 1.71. The zero-order valence-electron chi connectivity index (χ0n) is 8.01. The largest absolute Gasteiger partial charge is 0.508 e. The van der Waals surface area contributed by atoms with Gasteiger partial charge in [0.05, 0.1) is 5.56 Å². The molecule has 0 amide bonds. The maximum Gasteiger partial charge on any atom is 0.344 e. The standard InChI is InChI=1S/C10H10O5/c1-6(9(12)13)15-10(14)7-3-2-4-8(11)5-7/h2-6,11H,1H3,(H,12,13). The molecule has 2 N–H and O–H groups in total. The highest BCUT2D eigenvalue weighted by Gasteiger charge is 2.17. The van der Waals surface area contributed by atoms with Crippen LogP contribution in [0.5, 0.6) is 5.75 Å². The molecule has 0 aliphatic rings. The van der Waals surface area contributed by atoms with E-state index in [0.717, 1.165) is 0 Å². The molecule has 0 saturated carbocycles. The first kappa shape index (κ1) is 11.0. The number of esters is 1. The van der Waals surface area contributed by atoms with Crippen LogP contribution in [0.4, 0.5) is 0 Å². The van der Waals surface area contributed by atoms with E-state index >= 15 is 0 Å². The van der Waals surface area contributed by atoms with Gasteiger partial charge in [-0.3, -0.25) is 0 Å². The zero-order valence-corrected chi connectivity index (χ0v) is 8.01. The minimum absolute atomic E-state index is 0.0765. The summed E-state index contributed by atoms with van der Waals surface area (Å²) in [6, 6.07) is 5.50. The fourth-order valence-corrected chi connectivity index (χ4v) is 0.912. The molecule has 0 spiro atoms. The Morgan fingerprint density at radius 3 is 2.60 bits per heavy atom. The van der Waals surface area contributed by atoms with Crippen LogP contribution in [0.15, 0.2) is 24.3 Å². The number of hydrogen-bond donors (Lipinski definition) is 2. The van der Waals surface area contributed by atoms with E-state index in [-0.39, 0.29) is 11.3 Å². The number of benzene rings is 1. The van der Waals surface area contributed by atoms with Crippen LogP contribution in [0.3, 0.4) is 0 Å². The summed E-state index contributed by atoms with van der Waals surface area (Å²) < 4.78 is 4.60. The molecule has 0 aliphatic heterocycles. The van der Waals surface area contributed by atoms with Gasteiger partial charge in [-0.1, -0.05) is 6.07 Å². The fraction of sp³-hybridized carbons (Fsp3) is 0.200. The average molecular weight is 210 g/mol. The summed E-state index contributed by atoms with van der Waals surface area (Å²) in [7, 11) is 0. The maximum atomic E-state index is 11.3. The van der Waals surface area contributed by atoms with E-state index in [0.29, 0.717) is 0 Å². The number of hydrogen-bond acceptors (Lipinski definition) is 4. The molecule has 0 heterocycles. The first-order valence-corrected chi connectivity index (χ1v) is 4.23. The summed E-state index contributed by atoms with van der Waals surface area (Å²) in [5.74, 6) is -2.07. The first-order chi connectivity index (χ1) is 7.00. The van der Waals surface area contributed by atoms with Crippen molar-refractivity contribution < 1.29 is 24.5 Å². The predicted molar refractivity (Wildman–Crippen MR) is 50.6 cm³/mol. The van der Waals surface area contributed by atoms with Gasteiger partial charge in [0.15, 0.2) is 6.10 Å². The normalized spacial score (nSPS) is 11.8. The number of carbonyl (C=O) groups is 2. The Morgan fingerprint density at radius 1 is 1.40 bits per heavy atom. The Hall–Kier alpha value is -2.04. The third-order valence-electron chi connectivity index (χ3n) is 1.71. The highest BCUT2D eigenvalue weighted by Crippen LogP contribution is 2.12. The second-order valence-electron chi connectivity index (χ2n) is 2.94. The minimum Gasteiger partial charge on any atom is -0.508 e. The Kier molecular flexibility index (Phi) is 3.28. The van der Waals surface area contributed by atoms with Gasteiger partial charge in [0.2, 0.25) is 0 Å². The monoisotopic (exact) mass is 210 g/mol. The van der Waals surface area contributed by atoms with Crippen LogP contribution in [0.2, 0.25) is 0 Å². The van der Waals surface area contributed by atoms with Crippen molar-refractivity contribution in [3.63, 3.8) is 0 Å². The SMILES string of the molecule is CC(OC(=O)c1cccc(O)c1)C(=O)O. The second kappa shape index (κ2) is 4.45. The molecule has 1 aromatic carbocycles. The summed E-state index contributed by atoms with van der Waals surface area (Å²) in [6.07, 6.45) is -1.21. The number of rotatable bonds is 3. The van der Waals surface area contributed by atoms with Crippen molar-refractivity contribution in [3.8, 4) is 5.75 Å². The summed E-state index contributed by atoms with van der Waals surface area (Å²) in [5.41, 5.74) is 0.114. The van der Waals surface area contributed by atoms with E-state index in [9.17, 15) is 9.59 Å². The fourth-order valence-electron chi connectivity index (χ4n) is 0.912. The van der Waals surface area contributed by atoms with Gasteiger partial charge < -0.3 is 14.9 Å². The molecule has 1 rings (SSSR count). The summed E-state index contributed by atoms with van der Waals surface area (Å²) in [6.45, 7) is 1.25. The van der Waals surface area contributed by atoms with Gasteiger partial charge in [-0.15, -0.1) is 0 Å². The van der Waals surface area contributed by atoms with Crippen LogP contribution in [0.1, 0.15) is 17.3 Å². The molecule has 80 valence electrons. The van der Waals surface area contributed by atoms with Crippen molar-refractivity contribution in [2.75, 3.05) is 0 Å². The molecular formula is C10H10O5. The quantitative estimate of drug-likeness (QED) is 0.727. The topological polar surface area (TPSA) is 83.8 Å².